The molecule has 246 valence electrons. The lowest BCUT2D eigenvalue weighted by atomic mass is 9.99. The van der Waals surface area contributed by atoms with Crippen LogP contribution in [0.4, 0.5) is 0 Å². The van der Waals surface area contributed by atoms with Crippen LogP contribution in [-0.4, -0.2) is 83.0 Å². The van der Waals surface area contributed by atoms with Gasteiger partial charge in [-0.3, -0.25) is 19.2 Å². The molecule has 4 rings (SSSR count). The van der Waals surface area contributed by atoms with Gasteiger partial charge in [0.05, 0.1) is 10.4 Å². The quantitative estimate of drug-likeness (QED) is 0.0826. The van der Waals surface area contributed by atoms with E-state index < -0.39 is 70.4 Å². The molecule has 1 N–H and O–H groups in total. The highest BCUT2D eigenvalue weighted by atomic mass is 32.2. The fourth-order valence-electron chi connectivity index (χ4n) is 4.94. The Bertz CT molecular complexity index is 1740. The van der Waals surface area contributed by atoms with Crippen LogP contribution in [0, 0.1) is 0 Å². The molecule has 5 atom stereocenters. The van der Waals surface area contributed by atoms with Gasteiger partial charge in [0.25, 0.3) is 10.0 Å². The molecular weight excluding hydrogens is 644 g/mol. The molecule has 0 saturated carbocycles. The lowest BCUT2D eigenvalue weighted by Crippen LogP contribution is -2.61. The SMILES string of the molecule is CC(=O)OC[C@H]1O[C@@H](S/C(Cc2cn(S(=O)(=O)c3ccccc3)c3ccccc23)=N\O)[C@H](OC(C)=O)[C@@H](OC(C)=O)[C@@H]1OC(C)=O. The van der Waals surface area contributed by atoms with Gasteiger partial charge < -0.3 is 28.9 Å². The van der Waals surface area contributed by atoms with E-state index >= 15 is 0 Å². The van der Waals surface area contributed by atoms with E-state index in [4.69, 9.17) is 23.7 Å². The normalized spacial score (nSPS) is 21.7. The van der Waals surface area contributed by atoms with Crippen LogP contribution < -0.4 is 0 Å². The number of esters is 4. The van der Waals surface area contributed by atoms with Crippen LogP contribution in [0.3, 0.4) is 0 Å². The summed E-state index contributed by atoms with van der Waals surface area (Å²) in [6, 6.07) is 14.7. The minimum absolute atomic E-state index is 0.000844. The van der Waals surface area contributed by atoms with Gasteiger partial charge in [0.2, 0.25) is 0 Å². The predicted octanol–water partition coefficient (Wildman–Crippen LogP) is 3.02. The zero-order valence-electron chi connectivity index (χ0n) is 25.2. The van der Waals surface area contributed by atoms with Crippen molar-refractivity contribution in [3.63, 3.8) is 0 Å². The molecule has 1 aliphatic rings. The molecule has 1 saturated heterocycles. The van der Waals surface area contributed by atoms with E-state index in [0.29, 0.717) is 16.5 Å². The average Bonchev–Trinajstić information content (AvgIpc) is 3.37. The number of ether oxygens (including phenoxy) is 5. The van der Waals surface area contributed by atoms with Crippen LogP contribution in [0.1, 0.15) is 33.3 Å². The third kappa shape index (κ3) is 8.05. The van der Waals surface area contributed by atoms with Crippen molar-refractivity contribution in [1.82, 2.24) is 3.97 Å². The van der Waals surface area contributed by atoms with E-state index in [1.165, 1.54) is 18.3 Å². The number of benzene rings is 2. The van der Waals surface area contributed by atoms with Gasteiger partial charge in [-0.25, -0.2) is 12.4 Å². The Balaban J connectivity index is 1.71. The maximum atomic E-state index is 13.6. The molecule has 3 aromatic rings. The van der Waals surface area contributed by atoms with Crippen molar-refractivity contribution in [2.24, 2.45) is 5.16 Å². The zero-order chi connectivity index (χ0) is 33.6. The van der Waals surface area contributed by atoms with Gasteiger partial charge in [-0.05, 0) is 23.8 Å². The Kier molecular flexibility index (Phi) is 11.1. The van der Waals surface area contributed by atoms with Crippen LogP contribution in [0.25, 0.3) is 10.9 Å². The molecule has 1 aliphatic heterocycles. The number of carbonyl (C=O) groups is 4. The van der Waals surface area contributed by atoms with Crippen molar-refractivity contribution in [3.05, 3.63) is 66.4 Å². The Morgan fingerprint density at radius 3 is 2.04 bits per heavy atom. The monoisotopic (exact) mass is 676 g/mol. The summed E-state index contributed by atoms with van der Waals surface area (Å²) in [5.41, 5.74) is -0.384. The Morgan fingerprint density at radius 1 is 0.848 bits per heavy atom. The van der Waals surface area contributed by atoms with Crippen molar-refractivity contribution in [2.45, 2.75) is 68.9 Å². The minimum atomic E-state index is -4.00. The average molecular weight is 677 g/mol. The smallest absolute Gasteiger partial charge is 0.303 e. The summed E-state index contributed by atoms with van der Waals surface area (Å²) in [5.74, 6) is -3.02. The molecule has 2 aromatic carbocycles. The van der Waals surface area contributed by atoms with Crippen LogP contribution in [0.15, 0.2) is 70.8 Å². The van der Waals surface area contributed by atoms with Gasteiger partial charge in [0.15, 0.2) is 18.3 Å². The molecule has 0 aliphatic carbocycles. The predicted molar refractivity (Wildman–Crippen MR) is 163 cm³/mol. The van der Waals surface area contributed by atoms with E-state index in [0.717, 1.165) is 43.4 Å². The number of oxime groups is 1. The first kappa shape index (κ1) is 34.5. The molecule has 16 heteroatoms. The topological polar surface area (TPSA) is 186 Å². The van der Waals surface area contributed by atoms with Crippen molar-refractivity contribution in [1.29, 1.82) is 0 Å². The Morgan fingerprint density at radius 2 is 1.43 bits per heavy atom. The molecular formula is C30H32N2O12S2. The number of thioether (sulfide) groups is 1. The van der Waals surface area contributed by atoms with E-state index in [1.807, 2.05) is 0 Å². The van der Waals surface area contributed by atoms with E-state index in [1.54, 1.807) is 42.5 Å². The van der Waals surface area contributed by atoms with Crippen LogP contribution >= 0.6 is 11.8 Å². The largest absolute Gasteiger partial charge is 0.463 e. The molecule has 1 aromatic heterocycles. The van der Waals surface area contributed by atoms with Crippen LogP contribution in [0.5, 0.6) is 0 Å². The van der Waals surface area contributed by atoms with Crippen molar-refractivity contribution in [3.8, 4) is 0 Å². The zero-order valence-corrected chi connectivity index (χ0v) is 26.9. The molecule has 0 amide bonds. The summed E-state index contributed by atoms with van der Waals surface area (Å²) in [6.45, 7) is 4.06. The molecule has 0 spiro atoms. The number of hydrogen-bond acceptors (Lipinski definition) is 14. The third-order valence-corrected chi connectivity index (χ3v) is 9.51. The van der Waals surface area contributed by atoms with Gasteiger partial charge in [-0.1, -0.05) is 53.3 Å². The second-order valence-corrected chi connectivity index (χ2v) is 13.1. The summed E-state index contributed by atoms with van der Waals surface area (Å²) < 4.78 is 55.8. The van der Waals surface area contributed by atoms with E-state index in [9.17, 15) is 32.8 Å². The molecule has 46 heavy (non-hydrogen) atoms. The summed E-state index contributed by atoms with van der Waals surface area (Å²) in [5, 5.41) is 14.0. The Hall–Kier alpha value is -4.41. The molecule has 0 radical (unpaired) electrons. The standard InChI is InChI=1S/C30H32N2O12S2/c1-17(33)40-16-25-27(41-18(2)34)28(42-19(3)35)29(43-20(4)36)30(44-25)45-26(31-37)14-21-15-32(24-13-9-8-12-23(21)24)46(38,39)22-10-6-5-7-11-22/h5-13,15,25,27-30,37H,14,16H2,1-4H3/b31-26-/t25-,27-,28+,29-,30+/m1/s1. The van der Waals surface area contributed by atoms with E-state index in [2.05, 4.69) is 5.16 Å². The van der Waals surface area contributed by atoms with Gasteiger partial charge in [0, 0.05) is 45.7 Å². The van der Waals surface area contributed by atoms with Crippen molar-refractivity contribution < 1.29 is 56.5 Å². The minimum Gasteiger partial charge on any atom is -0.463 e. The molecule has 14 nitrogen and oxygen atoms in total. The lowest BCUT2D eigenvalue weighted by Gasteiger charge is -2.44. The number of aromatic nitrogens is 1. The highest BCUT2D eigenvalue weighted by Gasteiger charge is 2.52. The van der Waals surface area contributed by atoms with Gasteiger partial charge in [-0.2, -0.15) is 0 Å². The summed E-state index contributed by atoms with van der Waals surface area (Å²) in [4.78, 5) is 48.0. The summed E-state index contributed by atoms with van der Waals surface area (Å²) >= 11 is 0.792. The Labute approximate surface area is 268 Å². The maximum absolute atomic E-state index is 13.6. The molecule has 1 fully saturated rings. The second kappa shape index (κ2) is 14.8. The summed E-state index contributed by atoms with van der Waals surface area (Å²) in [7, 11) is -4.00. The number of carbonyl (C=O) groups excluding carboxylic acids is 4. The third-order valence-electron chi connectivity index (χ3n) is 6.71. The number of rotatable bonds is 10. The van der Waals surface area contributed by atoms with Gasteiger partial charge >= 0.3 is 23.9 Å². The second-order valence-electron chi connectivity index (χ2n) is 10.1. The first-order valence-corrected chi connectivity index (χ1v) is 16.2. The number of para-hydroxylation sites is 1. The van der Waals surface area contributed by atoms with Gasteiger partial charge in [0.1, 0.15) is 23.2 Å². The lowest BCUT2D eigenvalue weighted by molar-refractivity contribution is -0.237. The number of hydrogen-bond donors (Lipinski definition) is 1. The van der Waals surface area contributed by atoms with Crippen LogP contribution in [-0.2, 0) is 59.3 Å². The van der Waals surface area contributed by atoms with Crippen molar-refractivity contribution >= 4 is 61.6 Å². The van der Waals surface area contributed by atoms with E-state index in [-0.39, 0.29) is 16.4 Å². The van der Waals surface area contributed by atoms with Crippen LogP contribution in [0.2, 0.25) is 0 Å². The first-order chi connectivity index (χ1) is 21.8. The molecule has 2 heterocycles. The highest BCUT2D eigenvalue weighted by molar-refractivity contribution is 8.14. The maximum Gasteiger partial charge on any atom is 0.303 e. The summed E-state index contributed by atoms with van der Waals surface area (Å²) in [6.07, 6.45) is -4.02. The highest BCUT2D eigenvalue weighted by Crippen LogP contribution is 2.36. The molecule has 0 unspecified atom stereocenters. The first-order valence-electron chi connectivity index (χ1n) is 13.9. The van der Waals surface area contributed by atoms with Crippen molar-refractivity contribution in [2.75, 3.05) is 6.61 Å². The molecule has 0 bridgehead atoms. The van der Waals surface area contributed by atoms with Gasteiger partial charge in [-0.15, -0.1) is 0 Å². The number of fused-ring (bicyclic) bond motifs is 1. The fraction of sp³-hybridized carbons (Fsp3) is 0.367. The fourth-order valence-corrected chi connectivity index (χ4v) is 7.45. The number of nitrogens with zero attached hydrogens (tertiary/aromatic N) is 2.